The van der Waals surface area contributed by atoms with E-state index in [-0.39, 0.29) is 5.97 Å². The van der Waals surface area contributed by atoms with E-state index in [0.717, 1.165) is 31.4 Å². The lowest BCUT2D eigenvalue weighted by Crippen LogP contribution is -2.35. The minimum Gasteiger partial charge on any atom is -0.466 e. The first-order valence-corrected chi connectivity index (χ1v) is 7.11. The Morgan fingerprint density at radius 2 is 2.05 bits per heavy atom. The number of fused-ring (bicyclic) bond motifs is 1. The highest BCUT2D eigenvalue weighted by Gasteiger charge is 2.30. The second-order valence-corrected chi connectivity index (χ2v) is 5.31. The molecular weight excluding hydrogens is 250 g/mol. The Morgan fingerprint density at radius 3 is 2.80 bits per heavy atom. The molecule has 0 radical (unpaired) electrons. The molecule has 104 valence electrons. The lowest BCUT2D eigenvalue weighted by Gasteiger charge is -2.39. The number of hydrogen-bond donors (Lipinski definition) is 0. The summed E-state index contributed by atoms with van der Waals surface area (Å²) in [7, 11) is 1.44. The zero-order valence-electron chi connectivity index (χ0n) is 11.7. The number of allylic oxidation sites excluding steroid dienone is 3. The number of ether oxygens (including phenoxy) is 1. The molecular formula is C17H19NO2. The van der Waals surface area contributed by atoms with Crippen LogP contribution in [-0.2, 0) is 9.53 Å². The Labute approximate surface area is 119 Å². The van der Waals surface area contributed by atoms with Crippen LogP contribution >= 0.6 is 0 Å². The number of hydrogen-bond acceptors (Lipinski definition) is 3. The van der Waals surface area contributed by atoms with E-state index in [9.17, 15) is 4.79 Å². The molecule has 1 saturated heterocycles. The molecule has 0 N–H and O–H groups in total. The number of carbonyl (C=O) groups excluding carboxylic acids is 1. The molecule has 0 amide bonds. The number of carbonyl (C=O) groups is 1. The predicted octanol–water partition coefficient (Wildman–Crippen LogP) is 3.29. The van der Waals surface area contributed by atoms with Crippen molar-refractivity contribution < 1.29 is 9.53 Å². The molecule has 0 bridgehead atoms. The summed E-state index contributed by atoms with van der Waals surface area (Å²) in [5, 5.41) is 0. The Hall–Kier alpha value is -2.03. The lowest BCUT2D eigenvalue weighted by atomic mass is 9.84. The molecule has 3 rings (SSSR count). The highest BCUT2D eigenvalue weighted by Crippen LogP contribution is 2.37. The molecule has 1 aromatic rings. The van der Waals surface area contributed by atoms with Crippen molar-refractivity contribution in [3.63, 3.8) is 0 Å². The van der Waals surface area contributed by atoms with Gasteiger partial charge in [0.15, 0.2) is 0 Å². The highest BCUT2D eigenvalue weighted by atomic mass is 16.5. The SMILES string of the molecule is COC(=O)C1=CC=C2C(CCCN2c2ccccc2)C1. The fourth-order valence-corrected chi connectivity index (χ4v) is 3.11. The molecule has 1 heterocycles. The fourth-order valence-electron chi connectivity index (χ4n) is 3.11. The van der Waals surface area contributed by atoms with Crippen LogP contribution < -0.4 is 4.90 Å². The molecule has 1 aliphatic heterocycles. The van der Waals surface area contributed by atoms with Crippen molar-refractivity contribution in [3.8, 4) is 0 Å². The van der Waals surface area contributed by atoms with Gasteiger partial charge in [-0.25, -0.2) is 4.79 Å². The summed E-state index contributed by atoms with van der Waals surface area (Å²) in [6, 6.07) is 10.5. The van der Waals surface area contributed by atoms with E-state index >= 15 is 0 Å². The Bertz CT molecular complexity index is 560. The zero-order valence-corrected chi connectivity index (χ0v) is 11.7. The average Bonchev–Trinajstić information content (AvgIpc) is 2.53. The van der Waals surface area contributed by atoms with Crippen molar-refractivity contribution in [1.82, 2.24) is 0 Å². The lowest BCUT2D eigenvalue weighted by molar-refractivity contribution is -0.136. The van der Waals surface area contributed by atoms with Crippen LogP contribution in [0.2, 0.25) is 0 Å². The largest absolute Gasteiger partial charge is 0.466 e. The molecule has 0 spiro atoms. The predicted molar refractivity (Wildman–Crippen MR) is 79.3 cm³/mol. The summed E-state index contributed by atoms with van der Waals surface area (Å²) in [5.74, 6) is 0.236. The van der Waals surface area contributed by atoms with Gasteiger partial charge in [-0.3, -0.25) is 0 Å². The van der Waals surface area contributed by atoms with Crippen molar-refractivity contribution in [2.75, 3.05) is 18.6 Å². The Morgan fingerprint density at radius 1 is 1.25 bits per heavy atom. The van der Waals surface area contributed by atoms with Gasteiger partial charge in [0.25, 0.3) is 0 Å². The van der Waals surface area contributed by atoms with Crippen LogP contribution in [0.4, 0.5) is 5.69 Å². The quantitative estimate of drug-likeness (QED) is 0.772. The van der Waals surface area contributed by atoms with E-state index in [1.807, 2.05) is 12.1 Å². The van der Waals surface area contributed by atoms with Gasteiger partial charge in [0.05, 0.1) is 7.11 Å². The summed E-state index contributed by atoms with van der Waals surface area (Å²) in [6.07, 6.45) is 7.10. The molecule has 3 heteroatoms. The molecule has 0 saturated carbocycles. The van der Waals surface area contributed by atoms with Gasteiger partial charge >= 0.3 is 5.97 Å². The second kappa shape index (κ2) is 5.53. The number of anilines is 1. The summed E-state index contributed by atoms with van der Waals surface area (Å²) >= 11 is 0. The normalized spacial score (nSPS) is 21.6. The third kappa shape index (κ3) is 2.36. The van der Waals surface area contributed by atoms with Crippen LogP contribution in [0, 0.1) is 5.92 Å². The van der Waals surface area contributed by atoms with Crippen molar-refractivity contribution >= 4 is 11.7 Å². The topological polar surface area (TPSA) is 29.5 Å². The first-order valence-electron chi connectivity index (χ1n) is 7.11. The van der Waals surface area contributed by atoms with Gasteiger partial charge in [-0.05, 0) is 37.5 Å². The van der Waals surface area contributed by atoms with E-state index in [1.54, 1.807) is 0 Å². The standard InChI is InChI=1S/C17H19NO2/c1-20-17(19)14-9-10-16-13(12-14)6-5-11-18(16)15-7-3-2-4-8-15/h2-4,7-10,13H,5-6,11-12H2,1H3. The summed E-state index contributed by atoms with van der Waals surface area (Å²) < 4.78 is 4.83. The van der Waals surface area contributed by atoms with Gasteiger partial charge in [-0.15, -0.1) is 0 Å². The van der Waals surface area contributed by atoms with Crippen LogP contribution in [0.1, 0.15) is 19.3 Å². The summed E-state index contributed by atoms with van der Waals surface area (Å²) in [5.41, 5.74) is 3.35. The van der Waals surface area contributed by atoms with Crippen LogP contribution in [0.3, 0.4) is 0 Å². The van der Waals surface area contributed by atoms with Crippen LogP contribution in [0.15, 0.2) is 53.8 Å². The van der Waals surface area contributed by atoms with Crippen molar-refractivity contribution in [1.29, 1.82) is 0 Å². The van der Waals surface area contributed by atoms with E-state index in [0.29, 0.717) is 5.92 Å². The first kappa shape index (κ1) is 13.0. The molecule has 20 heavy (non-hydrogen) atoms. The van der Waals surface area contributed by atoms with Crippen LogP contribution in [0.25, 0.3) is 0 Å². The van der Waals surface area contributed by atoms with Gasteiger partial charge < -0.3 is 9.64 Å². The molecule has 1 unspecified atom stereocenters. The number of para-hydroxylation sites is 1. The van der Waals surface area contributed by atoms with Crippen LogP contribution in [-0.4, -0.2) is 19.6 Å². The maximum atomic E-state index is 11.7. The van der Waals surface area contributed by atoms with E-state index < -0.39 is 0 Å². The molecule has 1 atom stereocenters. The van der Waals surface area contributed by atoms with Crippen molar-refractivity contribution in [3.05, 3.63) is 53.8 Å². The average molecular weight is 269 g/mol. The molecule has 1 fully saturated rings. The maximum absolute atomic E-state index is 11.7. The van der Waals surface area contributed by atoms with Crippen molar-refractivity contribution in [2.45, 2.75) is 19.3 Å². The number of piperidine rings is 1. The minimum atomic E-state index is -0.197. The minimum absolute atomic E-state index is 0.197. The molecule has 2 aliphatic rings. The third-order valence-corrected chi connectivity index (χ3v) is 4.10. The monoisotopic (exact) mass is 269 g/mol. The van der Waals surface area contributed by atoms with Gasteiger partial charge in [-0.2, -0.15) is 0 Å². The van der Waals surface area contributed by atoms with Gasteiger partial charge in [-0.1, -0.05) is 24.3 Å². The van der Waals surface area contributed by atoms with Gasteiger partial charge in [0.1, 0.15) is 0 Å². The summed E-state index contributed by atoms with van der Waals surface area (Å²) in [4.78, 5) is 14.0. The maximum Gasteiger partial charge on any atom is 0.333 e. The smallest absolute Gasteiger partial charge is 0.333 e. The summed E-state index contributed by atoms with van der Waals surface area (Å²) in [6.45, 7) is 1.05. The van der Waals surface area contributed by atoms with Crippen LogP contribution in [0.5, 0.6) is 0 Å². The van der Waals surface area contributed by atoms with E-state index in [2.05, 4.69) is 35.2 Å². The molecule has 0 aromatic heterocycles. The molecule has 3 nitrogen and oxygen atoms in total. The number of benzene rings is 1. The zero-order chi connectivity index (χ0) is 13.9. The number of methoxy groups -OCH3 is 1. The van der Waals surface area contributed by atoms with E-state index in [4.69, 9.17) is 4.74 Å². The van der Waals surface area contributed by atoms with Gasteiger partial charge in [0.2, 0.25) is 0 Å². The first-order chi connectivity index (χ1) is 9.79. The van der Waals surface area contributed by atoms with Crippen molar-refractivity contribution in [2.24, 2.45) is 5.92 Å². The number of nitrogens with zero attached hydrogens (tertiary/aromatic N) is 1. The number of esters is 1. The second-order valence-electron chi connectivity index (χ2n) is 5.31. The molecule has 1 aliphatic carbocycles. The Balaban J connectivity index is 1.90. The molecule has 1 aromatic carbocycles. The van der Waals surface area contributed by atoms with Gasteiger partial charge in [0, 0.05) is 29.4 Å². The highest BCUT2D eigenvalue weighted by molar-refractivity contribution is 5.89. The third-order valence-electron chi connectivity index (χ3n) is 4.10. The Kier molecular flexibility index (Phi) is 3.59. The van der Waals surface area contributed by atoms with E-state index in [1.165, 1.54) is 18.5 Å². The fraction of sp³-hybridized carbons (Fsp3) is 0.353. The number of rotatable bonds is 2.